The van der Waals surface area contributed by atoms with E-state index in [4.69, 9.17) is 5.73 Å². The lowest BCUT2D eigenvalue weighted by Gasteiger charge is -2.31. The van der Waals surface area contributed by atoms with Crippen LogP contribution in [0.4, 0.5) is 0 Å². The van der Waals surface area contributed by atoms with E-state index in [0.717, 1.165) is 47.6 Å². The van der Waals surface area contributed by atoms with Crippen molar-refractivity contribution in [1.29, 1.82) is 0 Å². The number of hydrogen-bond donors (Lipinski definition) is 2. The van der Waals surface area contributed by atoms with Crippen LogP contribution in [0.5, 0.6) is 0 Å². The lowest BCUT2D eigenvalue weighted by atomic mass is 9.97. The fourth-order valence-corrected chi connectivity index (χ4v) is 3.97. The van der Waals surface area contributed by atoms with E-state index in [1.54, 1.807) is 17.4 Å². The van der Waals surface area contributed by atoms with Gasteiger partial charge in [0.05, 0.1) is 9.70 Å². The molecule has 1 aliphatic rings. The molecule has 0 spiro atoms. The molecular weight excluding hydrogens is 378 g/mol. The summed E-state index contributed by atoms with van der Waals surface area (Å²) in [7, 11) is 0. The van der Waals surface area contributed by atoms with Crippen LogP contribution in [0.2, 0.25) is 0 Å². The van der Waals surface area contributed by atoms with Crippen molar-refractivity contribution in [2.75, 3.05) is 26.2 Å². The molecule has 2 heterocycles. The number of hydrogen-bond acceptors (Lipinski definition) is 4. The van der Waals surface area contributed by atoms with E-state index < -0.39 is 0 Å². The van der Waals surface area contributed by atoms with Crippen LogP contribution in [0.3, 0.4) is 0 Å². The number of rotatable bonds is 7. The predicted molar refractivity (Wildman–Crippen MR) is 97.0 cm³/mol. The summed E-state index contributed by atoms with van der Waals surface area (Å²) in [6, 6.07) is 3.92. The number of nitrogens with one attached hydrogen (secondary N) is 1. The highest BCUT2D eigenvalue weighted by molar-refractivity contribution is 9.11. The number of carbonyl (C=O) groups is 2. The van der Waals surface area contributed by atoms with E-state index >= 15 is 0 Å². The van der Waals surface area contributed by atoms with Crippen LogP contribution in [0, 0.1) is 5.92 Å². The van der Waals surface area contributed by atoms with Crippen LogP contribution in [0.15, 0.2) is 22.0 Å². The number of piperidine rings is 1. The molecule has 1 saturated heterocycles. The van der Waals surface area contributed by atoms with E-state index in [1.807, 2.05) is 18.2 Å². The first-order valence-corrected chi connectivity index (χ1v) is 9.38. The first-order chi connectivity index (χ1) is 11.0. The first-order valence-electron chi connectivity index (χ1n) is 7.77. The van der Waals surface area contributed by atoms with Crippen molar-refractivity contribution >= 4 is 45.2 Å². The molecule has 3 N–H and O–H groups in total. The van der Waals surface area contributed by atoms with Gasteiger partial charge in [-0.1, -0.05) is 0 Å². The summed E-state index contributed by atoms with van der Waals surface area (Å²) in [5.74, 6) is -0.303. The average Bonchev–Trinajstić information content (AvgIpc) is 2.95. The Bertz CT molecular complexity index is 573. The van der Waals surface area contributed by atoms with Gasteiger partial charge in [0, 0.05) is 24.0 Å². The SMILES string of the molecule is NC(=O)C1CCCN(CCCNC(=O)/C=C/c2ccc(Br)s2)C1. The topological polar surface area (TPSA) is 75.4 Å². The zero-order chi connectivity index (χ0) is 16.7. The predicted octanol–water partition coefficient (Wildman–Crippen LogP) is 2.23. The van der Waals surface area contributed by atoms with Crippen LogP contribution in [-0.2, 0) is 9.59 Å². The first kappa shape index (κ1) is 18.2. The van der Waals surface area contributed by atoms with Crippen molar-refractivity contribution in [3.63, 3.8) is 0 Å². The van der Waals surface area contributed by atoms with Gasteiger partial charge in [-0.3, -0.25) is 9.59 Å². The minimum Gasteiger partial charge on any atom is -0.369 e. The molecule has 0 bridgehead atoms. The summed E-state index contributed by atoms with van der Waals surface area (Å²) < 4.78 is 1.05. The zero-order valence-corrected chi connectivity index (χ0v) is 15.4. The van der Waals surface area contributed by atoms with Crippen LogP contribution < -0.4 is 11.1 Å². The summed E-state index contributed by atoms with van der Waals surface area (Å²) in [5.41, 5.74) is 5.37. The molecule has 2 rings (SSSR count). The van der Waals surface area contributed by atoms with E-state index in [1.165, 1.54) is 0 Å². The Balaban J connectivity index is 1.62. The van der Waals surface area contributed by atoms with Gasteiger partial charge in [0.25, 0.3) is 0 Å². The molecule has 0 saturated carbocycles. The van der Waals surface area contributed by atoms with E-state index in [0.29, 0.717) is 6.54 Å². The van der Waals surface area contributed by atoms with Gasteiger partial charge in [-0.15, -0.1) is 11.3 Å². The van der Waals surface area contributed by atoms with Gasteiger partial charge in [0.2, 0.25) is 11.8 Å². The summed E-state index contributed by atoms with van der Waals surface area (Å²) in [6.45, 7) is 3.27. The summed E-state index contributed by atoms with van der Waals surface area (Å²) in [4.78, 5) is 26.3. The lowest BCUT2D eigenvalue weighted by molar-refractivity contribution is -0.123. The molecule has 1 fully saturated rings. The van der Waals surface area contributed by atoms with Crippen molar-refractivity contribution < 1.29 is 9.59 Å². The largest absolute Gasteiger partial charge is 0.369 e. The molecule has 1 aromatic rings. The Morgan fingerprint density at radius 1 is 1.48 bits per heavy atom. The maximum Gasteiger partial charge on any atom is 0.244 e. The van der Waals surface area contributed by atoms with Gasteiger partial charge in [-0.25, -0.2) is 0 Å². The molecular formula is C16H22BrN3O2S. The van der Waals surface area contributed by atoms with E-state index in [-0.39, 0.29) is 17.7 Å². The Labute approximate surface area is 149 Å². The summed E-state index contributed by atoms with van der Waals surface area (Å²) in [6.07, 6.45) is 6.15. The molecule has 1 aliphatic heterocycles. The number of likely N-dealkylation sites (tertiary alicyclic amines) is 1. The molecule has 5 nitrogen and oxygen atoms in total. The van der Waals surface area contributed by atoms with Gasteiger partial charge in [-0.05, 0) is 66.5 Å². The maximum absolute atomic E-state index is 11.7. The van der Waals surface area contributed by atoms with Crippen LogP contribution in [-0.4, -0.2) is 42.9 Å². The number of amides is 2. The second-order valence-electron chi connectivity index (χ2n) is 5.66. The van der Waals surface area contributed by atoms with Crippen molar-refractivity contribution in [2.45, 2.75) is 19.3 Å². The quantitative estimate of drug-likeness (QED) is 0.545. The number of thiophene rings is 1. The second-order valence-corrected chi connectivity index (χ2v) is 8.16. The zero-order valence-electron chi connectivity index (χ0n) is 13.0. The molecule has 126 valence electrons. The smallest absolute Gasteiger partial charge is 0.244 e. The fourth-order valence-electron chi connectivity index (χ4n) is 2.64. The Morgan fingerprint density at radius 2 is 2.30 bits per heavy atom. The molecule has 1 unspecified atom stereocenters. The fraction of sp³-hybridized carbons (Fsp3) is 0.500. The number of nitrogens with zero attached hydrogens (tertiary/aromatic N) is 1. The molecule has 23 heavy (non-hydrogen) atoms. The van der Waals surface area contributed by atoms with Gasteiger partial charge in [0.1, 0.15) is 0 Å². The van der Waals surface area contributed by atoms with Crippen LogP contribution >= 0.6 is 27.3 Å². The van der Waals surface area contributed by atoms with Crippen molar-refractivity contribution in [2.24, 2.45) is 11.7 Å². The maximum atomic E-state index is 11.7. The van der Waals surface area contributed by atoms with Gasteiger partial charge < -0.3 is 16.0 Å². The van der Waals surface area contributed by atoms with Crippen molar-refractivity contribution in [3.8, 4) is 0 Å². The number of nitrogens with two attached hydrogens (primary N) is 1. The Morgan fingerprint density at radius 3 is 3.00 bits per heavy atom. The molecule has 0 radical (unpaired) electrons. The molecule has 0 aliphatic carbocycles. The molecule has 1 atom stereocenters. The van der Waals surface area contributed by atoms with Crippen molar-refractivity contribution in [3.05, 3.63) is 26.9 Å². The molecule has 0 aromatic carbocycles. The highest BCUT2D eigenvalue weighted by Gasteiger charge is 2.23. The van der Waals surface area contributed by atoms with Gasteiger partial charge in [0.15, 0.2) is 0 Å². The van der Waals surface area contributed by atoms with Gasteiger partial charge in [-0.2, -0.15) is 0 Å². The number of halogens is 1. The highest BCUT2D eigenvalue weighted by Crippen LogP contribution is 2.22. The minimum atomic E-state index is -0.201. The monoisotopic (exact) mass is 399 g/mol. The van der Waals surface area contributed by atoms with Crippen LogP contribution in [0.1, 0.15) is 24.1 Å². The average molecular weight is 400 g/mol. The third-order valence-electron chi connectivity index (χ3n) is 3.85. The molecule has 2 amide bonds. The third kappa shape index (κ3) is 6.45. The number of primary amides is 1. The summed E-state index contributed by atoms with van der Waals surface area (Å²) in [5, 5.41) is 2.88. The standard InChI is InChI=1S/C16H22BrN3O2S/c17-14-6-4-13(23-14)5-7-15(21)19-8-2-10-20-9-1-3-12(11-20)16(18)22/h4-7,12H,1-3,8-11H2,(H2,18,22)(H,19,21)/b7-5+. The summed E-state index contributed by atoms with van der Waals surface area (Å²) >= 11 is 4.98. The highest BCUT2D eigenvalue weighted by atomic mass is 79.9. The molecule has 7 heteroatoms. The van der Waals surface area contributed by atoms with Crippen molar-refractivity contribution in [1.82, 2.24) is 10.2 Å². The Kier molecular flexibility index (Phi) is 7.26. The minimum absolute atomic E-state index is 0.0219. The third-order valence-corrected chi connectivity index (χ3v) is 5.44. The molecule has 1 aromatic heterocycles. The lowest BCUT2D eigenvalue weighted by Crippen LogP contribution is -2.42. The normalized spacial score (nSPS) is 19.1. The Hall–Kier alpha value is -1.18. The number of carbonyl (C=O) groups excluding carboxylic acids is 2. The van der Waals surface area contributed by atoms with E-state index in [9.17, 15) is 9.59 Å². The van der Waals surface area contributed by atoms with E-state index in [2.05, 4.69) is 26.1 Å². The van der Waals surface area contributed by atoms with Crippen LogP contribution in [0.25, 0.3) is 6.08 Å². The second kappa shape index (κ2) is 9.20. The van der Waals surface area contributed by atoms with Gasteiger partial charge >= 0.3 is 0 Å².